The predicted octanol–water partition coefficient (Wildman–Crippen LogP) is 2.16. The Morgan fingerprint density at radius 2 is 2.06 bits per heavy atom. The zero-order chi connectivity index (χ0) is 13.2. The predicted molar refractivity (Wildman–Crippen MR) is 72.3 cm³/mol. The minimum Gasteiger partial charge on any atom is -0.329 e. The summed E-state index contributed by atoms with van der Waals surface area (Å²) in [5.74, 6) is 0.0521. The molecular formula is C14H21N3O. The van der Waals surface area contributed by atoms with E-state index < -0.39 is 0 Å². The van der Waals surface area contributed by atoms with Crippen molar-refractivity contribution in [3.8, 4) is 0 Å². The third-order valence-corrected chi connectivity index (χ3v) is 3.91. The van der Waals surface area contributed by atoms with Crippen LogP contribution in [0.15, 0.2) is 12.1 Å². The Morgan fingerprint density at radius 3 is 2.61 bits per heavy atom. The van der Waals surface area contributed by atoms with Gasteiger partial charge in [-0.3, -0.25) is 9.78 Å². The van der Waals surface area contributed by atoms with Crippen LogP contribution in [0.25, 0.3) is 0 Å². The molecule has 0 radical (unpaired) electrons. The summed E-state index contributed by atoms with van der Waals surface area (Å²) in [7, 11) is 0. The Morgan fingerprint density at radius 1 is 1.39 bits per heavy atom. The van der Waals surface area contributed by atoms with Gasteiger partial charge >= 0.3 is 0 Å². The van der Waals surface area contributed by atoms with Crippen LogP contribution in [-0.2, 0) is 4.79 Å². The second kappa shape index (κ2) is 5.06. The quantitative estimate of drug-likeness (QED) is 0.860. The SMILES string of the molecule is Cc1ccc(NC(=O)C2(CN)CCCC2)c(C)n1. The molecule has 4 heteroatoms. The molecule has 3 N–H and O–H groups in total. The molecule has 1 amide bonds. The maximum atomic E-state index is 12.4. The monoisotopic (exact) mass is 247 g/mol. The first kappa shape index (κ1) is 13.0. The minimum atomic E-state index is -0.364. The van der Waals surface area contributed by atoms with E-state index in [4.69, 9.17) is 5.73 Å². The second-order valence-electron chi connectivity index (χ2n) is 5.23. The molecule has 0 saturated heterocycles. The van der Waals surface area contributed by atoms with E-state index in [0.717, 1.165) is 42.8 Å². The van der Waals surface area contributed by atoms with E-state index in [1.807, 2.05) is 26.0 Å². The molecule has 0 aromatic carbocycles. The van der Waals surface area contributed by atoms with Gasteiger partial charge in [-0.05, 0) is 38.8 Å². The van der Waals surface area contributed by atoms with Crippen LogP contribution in [0, 0.1) is 19.3 Å². The van der Waals surface area contributed by atoms with Gasteiger partial charge in [-0.25, -0.2) is 0 Å². The Labute approximate surface area is 108 Å². The number of aryl methyl sites for hydroxylation is 2. The Kier molecular flexibility index (Phi) is 3.66. The van der Waals surface area contributed by atoms with Gasteiger partial charge in [0.15, 0.2) is 0 Å². The zero-order valence-electron chi connectivity index (χ0n) is 11.1. The van der Waals surface area contributed by atoms with E-state index in [1.165, 1.54) is 0 Å². The van der Waals surface area contributed by atoms with E-state index in [-0.39, 0.29) is 11.3 Å². The average Bonchev–Trinajstić information content (AvgIpc) is 2.82. The lowest BCUT2D eigenvalue weighted by molar-refractivity contribution is -0.124. The molecule has 0 bridgehead atoms. The largest absolute Gasteiger partial charge is 0.329 e. The zero-order valence-corrected chi connectivity index (χ0v) is 11.1. The summed E-state index contributed by atoms with van der Waals surface area (Å²) >= 11 is 0. The van der Waals surface area contributed by atoms with Crippen LogP contribution in [0.4, 0.5) is 5.69 Å². The van der Waals surface area contributed by atoms with E-state index in [0.29, 0.717) is 6.54 Å². The normalized spacial score (nSPS) is 17.7. The fraction of sp³-hybridized carbons (Fsp3) is 0.571. The van der Waals surface area contributed by atoms with Crippen LogP contribution in [0.2, 0.25) is 0 Å². The lowest BCUT2D eigenvalue weighted by Gasteiger charge is -2.26. The van der Waals surface area contributed by atoms with E-state index >= 15 is 0 Å². The first-order valence-corrected chi connectivity index (χ1v) is 6.53. The highest BCUT2D eigenvalue weighted by atomic mass is 16.2. The highest BCUT2D eigenvalue weighted by Crippen LogP contribution is 2.38. The molecule has 2 rings (SSSR count). The van der Waals surface area contributed by atoms with Crippen LogP contribution in [-0.4, -0.2) is 17.4 Å². The summed E-state index contributed by atoms with van der Waals surface area (Å²) < 4.78 is 0. The molecule has 0 atom stereocenters. The molecule has 0 unspecified atom stereocenters. The first-order chi connectivity index (χ1) is 8.57. The Hall–Kier alpha value is -1.42. The molecule has 1 fully saturated rings. The van der Waals surface area contributed by atoms with Crippen LogP contribution in [0.5, 0.6) is 0 Å². The number of hydrogen-bond acceptors (Lipinski definition) is 3. The lowest BCUT2D eigenvalue weighted by atomic mass is 9.85. The summed E-state index contributed by atoms with van der Waals surface area (Å²) in [4.78, 5) is 16.7. The molecule has 1 aliphatic carbocycles. The van der Waals surface area contributed by atoms with Gasteiger partial charge in [-0.1, -0.05) is 12.8 Å². The van der Waals surface area contributed by atoms with Crippen molar-refractivity contribution in [3.63, 3.8) is 0 Å². The number of aromatic nitrogens is 1. The van der Waals surface area contributed by atoms with Crippen molar-refractivity contribution in [1.29, 1.82) is 0 Å². The number of nitrogens with zero attached hydrogens (tertiary/aromatic N) is 1. The second-order valence-corrected chi connectivity index (χ2v) is 5.23. The molecule has 0 spiro atoms. The molecule has 4 nitrogen and oxygen atoms in total. The van der Waals surface area contributed by atoms with Gasteiger partial charge in [-0.2, -0.15) is 0 Å². The summed E-state index contributed by atoms with van der Waals surface area (Å²) in [6.07, 6.45) is 3.98. The number of pyridine rings is 1. The van der Waals surface area contributed by atoms with Crippen LogP contribution < -0.4 is 11.1 Å². The van der Waals surface area contributed by atoms with Gasteiger partial charge in [0.2, 0.25) is 5.91 Å². The topological polar surface area (TPSA) is 68.0 Å². The van der Waals surface area contributed by atoms with Crippen LogP contribution in [0.1, 0.15) is 37.1 Å². The van der Waals surface area contributed by atoms with E-state index in [2.05, 4.69) is 10.3 Å². The number of hydrogen-bond donors (Lipinski definition) is 2. The molecule has 1 aromatic rings. The number of rotatable bonds is 3. The summed E-state index contributed by atoms with van der Waals surface area (Å²) in [5, 5.41) is 2.99. The van der Waals surface area contributed by atoms with Crippen molar-refractivity contribution in [2.45, 2.75) is 39.5 Å². The fourth-order valence-corrected chi connectivity index (χ4v) is 2.65. The molecule has 98 valence electrons. The first-order valence-electron chi connectivity index (χ1n) is 6.53. The van der Waals surface area contributed by atoms with E-state index in [1.54, 1.807) is 0 Å². The lowest BCUT2D eigenvalue weighted by Crippen LogP contribution is -2.40. The third-order valence-electron chi connectivity index (χ3n) is 3.91. The molecule has 1 aromatic heterocycles. The maximum Gasteiger partial charge on any atom is 0.231 e. The molecule has 1 aliphatic rings. The molecule has 1 heterocycles. The van der Waals surface area contributed by atoms with Gasteiger partial charge in [0.05, 0.1) is 16.8 Å². The Bertz CT molecular complexity index is 450. The smallest absolute Gasteiger partial charge is 0.231 e. The third kappa shape index (κ3) is 2.38. The number of carbonyl (C=O) groups is 1. The molecule has 18 heavy (non-hydrogen) atoms. The summed E-state index contributed by atoms with van der Waals surface area (Å²) in [5.41, 5.74) is 8.06. The van der Waals surface area contributed by atoms with Gasteiger partial charge in [0.25, 0.3) is 0 Å². The van der Waals surface area contributed by atoms with Crippen molar-refractivity contribution >= 4 is 11.6 Å². The number of nitrogens with one attached hydrogen (secondary N) is 1. The van der Waals surface area contributed by atoms with Crippen molar-refractivity contribution in [2.75, 3.05) is 11.9 Å². The summed E-state index contributed by atoms with van der Waals surface area (Å²) in [6.45, 7) is 4.28. The number of nitrogens with two attached hydrogens (primary N) is 1. The molecular weight excluding hydrogens is 226 g/mol. The van der Waals surface area contributed by atoms with Crippen molar-refractivity contribution in [3.05, 3.63) is 23.5 Å². The van der Waals surface area contributed by atoms with Crippen molar-refractivity contribution < 1.29 is 4.79 Å². The number of anilines is 1. The molecule has 1 saturated carbocycles. The molecule has 0 aliphatic heterocycles. The van der Waals surface area contributed by atoms with Crippen molar-refractivity contribution in [1.82, 2.24) is 4.98 Å². The number of carbonyl (C=O) groups excluding carboxylic acids is 1. The highest BCUT2D eigenvalue weighted by Gasteiger charge is 2.39. The fourth-order valence-electron chi connectivity index (χ4n) is 2.65. The van der Waals surface area contributed by atoms with Gasteiger partial charge in [0.1, 0.15) is 0 Å². The maximum absolute atomic E-state index is 12.4. The summed E-state index contributed by atoms with van der Waals surface area (Å²) in [6, 6.07) is 3.82. The van der Waals surface area contributed by atoms with Crippen molar-refractivity contribution in [2.24, 2.45) is 11.1 Å². The highest BCUT2D eigenvalue weighted by molar-refractivity contribution is 5.96. The van der Waals surface area contributed by atoms with Gasteiger partial charge in [0, 0.05) is 12.2 Å². The Balaban J connectivity index is 2.15. The average molecular weight is 247 g/mol. The standard InChI is InChI=1S/C14H21N3O/c1-10-5-6-12(11(2)16-10)17-13(18)14(9-15)7-3-4-8-14/h5-6H,3-4,7-9,15H2,1-2H3,(H,17,18). The van der Waals surface area contributed by atoms with Gasteiger partial charge in [-0.15, -0.1) is 0 Å². The van der Waals surface area contributed by atoms with Crippen LogP contribution >= 0.6 is 0 Å². The van der Waals surface area contributed by atoms with E-state index in [9.17, 15) is 4.79 Å². The minimum absolute atomic E-state index is 0.0521. The van der Waals surface area contributed by atoms with Gasteiger partial charge < -0.3 is 11.1 Å². The number of amides is 1. The van der Waals surface area contributed by atoms with Crippen LogP contribution in [0.3, 0.4) is 0 Å².